The molecule has 0 aliphatic rings. The first-order chi connectivity index (χ1) is 7.10. The molecule has 1 aromatic carbocycles. The van der Waals surface area contributed by atoms with Crippen LogP contribution in [0.1, 0.15) is 11.7 Å². The summed E-state index contributed by atoms with van der Waals surface area (Å²) in [7, 11) is 1.56. The van der Waals surface area contributed by atoms with Crippen LogP contribution < -0.4 is 4.74 Å². The molecule has 2 atom stereocenters. The highest BCUT2D eigenvalue weighted by Gasteiger charge is 2.20. The van der Waals surface area contributed by atoms with Crippen molar-refractivity contribution in [3.63, 3.8) is 0 Å². The van der Waals surface area contributed by atoms with Gasteiger partial charge in [0.1, 0.15) is 11.9 Å². The van der Waals surface area contributed by atoms with Gasteiger partial charge in [0.05, 0.1) is 13.2 Å². The Labute approximate surface area is 105 Å². The zero-order valence-corrected chi connectivity index (χ0v) is 11.3. The van der Waals surface area contributed by atoms with Gasteiger partial charge in [0.25, 0.3) is 0 Å². The Morgan fingerprint density at radius 2 is 2.07 bits per heavy atom. The first-order valence-corrected chi connectivity index (χ1v) is 6.27. The lowest BCUT2D eigenvalue weighted by atomic mass is 10.1. The third kappa shape index (κ3) is 3.17. The highest BCUT2D eigenvalue weighted by molar-refractivity contribution is 9.10. The van der Waals surface area contributed by atoms with E-state index in [9.17, 15) is 10.2 Å². The van der Waals surface area contributed by atoms with Crippen molar-refractivity contribution in [1.29, 1.82) is 0 Å². The Balaban J connectivity index is 3.01. The summed E-state index contributed by atoms with van der Waals surface area (Å²) < 4.78 is 5.79. The number of methoxy groups -OCH3 is 1. The zero-order valence-electron chi connectivity index (χ0n) is 8.15. The maximum Gasteiger partial charge on any atom is 0.119 e. The highest BCUT2D eigenvalue weighted by atomic mass is 79.9. The molecule has 0 amide bonds. The average molecular weight is 340 g/mol. The van der Waals surface area contributed by atoms with E-state index >= 15 is 0 Å². The predicted molar refractivity (Wildman–Crippen MR) is 65.5 cm³/mol. The number of hydrogen-bond acceptors (Lipinski definition) is 3. The van der Waals surface area contributed by atoms with Crippen LogP contribution in [0.4, 0.5) is 0 Å². The summed E-state index contributed by atoms with van der Waals surface area (Å²) in [5, 5.41) is 19.7. The van der Waals surface area contributed by atoms with Crippen LogP contribution in [0.5, 0.6) is 5.75 Å². The molecule has 84 valence electrons. The van der Waals surface area contributed by atoms with Crippen molar-refractivity contribution in [2.45, 2.75) is 12.2 Å². The standard InChI is InChI=1S/C10H12Br2O3/c1-15-6-2-3-8(12)7(4-6)10(14)9(13)5-11/h2-4,9-10,13-14H,5H2,1H3. The van der Waals surface area contributed by atoms with Crippen LogP contribution in [-0.4, -0.2) is 28.8 Å². The Hall–Kier alpha value is -0.100. The Morgan fingerprint density at radius 3 is 2.60 bits per heavy atom. The topological polar surface area (TPSA) is 49.7 Å². The molecule has 5 heteroatoms. The van der Waals surface area contributed by atoms with Gasteiger partial charge in [-0.1, -0.05) is 31.9 Å². The Morgan fingerprint density at radius 1 is 1.40 bits per heavy atom. The highest BCUT2D eigenvalue weighted by Crippen LogP contribution is 2.29. The van der Waals surface area contributed by atoms with Gasteiger partial charge in [0, 0.05) is 15.4 Å². The van der Waals surface area contributed by atoms with Crippen molar-refractivity contribution in [3.05, 3.63) is 28.2 Å². The van der Waals surface area contributed by atoms with E-state index in [-0.39, 0.29) is 0 Å². The lowest BCUT2D eigenvalue weighted by Gasteiger charge is -2.17. The molecule has 1 rings (SSSR count). The van der Waals surface area contributed by atoms with Crippen molar-refractivity contribution in [1.82, 2.24) is 0 Å². The molecule has 0 fully saturated rings. The van der Waals surface area contributed by atoms with Gasteiger partial charge >= 0.3 is 0 Å². The molecule has 3 nitrogen and oxygen atoms in total. The van der Waals surface area contributed by atoms with Crippen LogP contribution in [0, 0.1) is 0 Å². The minimum Gasteiger partial charge on any atom is -0.497 e. The van der Waals surface area contributed by atoms with E-state index in [1.54, 1.807) is 25.3 Å². The summed E-state index contributed by atoms with van der Waals surface area (Å²) in [6.07, 6.45) is -1.78. The molecule has 0 aromatic heterocycles. The SMILES string of the molecule is COc1ccc(Br)c(C(O)C(O)CBr)c1. The third-order valence-electron chi connectivity index (χ3n) is 2.04. The first-order valence-electron chi connectivity index (χ1n) is 4.35. The van der Waals surface area contributed by atoms with Crippen molar-refractivity contribution in [3.8, 4) is 5.75 Å². The molecule has 0 spiro atoms. The van der Waals surface area contributed by atoms with Crippen LogP contribution in [0.3, 0.4) is 0 Å². The van der Waals surface area contributed by atoms with E-state index in [1.807, 2.05) is 0 Å². The molecule has 0 heterocycles. The second-order valence-electron chi connectivity index (χ2n) is 3.05. The van der Waals surface area contributed by atoms with Gasteiger partial charge in [-0.15, -0.1) is 0 Å². The van der Waals surface area contributed by atoms with Crippen molar-refractivity contribution in [2.75, 3.05) is 12.4 Å². The van der Waals surface area contributed by atoms with E-state index in [4.69, 9.17) is 4.74 Å². The van der Waals surface area contributed by atoms with Crippen molar-refractivity contribution in [2.24, 2.45) is 0 Å². The van der Waals surface area contributed by atoms with Gasteiger partial charge in [-0.25, -0.2) is 0 Å². The molecule has 2 unspecified atom stereocenters. The minimum atomic E-state index is -0.936. The predicted octanol–water partition coefficient (Wildman–Crippen LogP) is 2.25. The fraction of sp³-hybridized carbons (Fsp3) is 0.400. The van der Waals surface area contributed by atoms with Crippen molar-refractivity contribution >= 4 is 31.9 Å². The number of ether oxygens (including phenoxy) is 1. The van der Waals surface area contributed by atoms with Gasteiger partial charge in [-0.3, -0.25) is 0 Å². The van der Waals surface area contributed by atoms with Crippen LogP contribution >= 0.6 is 31.9 Å². The monoisotopic (exact) mass is 338 g/mol. The summed E-state index contributed by atoms with van der Waals surface area (Å²) >= 11 is 6.43. The van der Waals surface area contributed by atoms with E-state index < -0.39 is 12.2 Å². The Bertz CT molecular complexity index is 330. The number of benzene rings is 1. The number of hydrogen-bond donors (Lipinski definition) is 2. The molecular weight excluding hydrogens is 328 g/mol. The van der Waals surface area contributed by atoms with Crippen LogP contribution in [0.25, 0.3) is 0 Å². The maximum atomic E-state index is 9.82. The van der Waals surface area contributed by atoms with E-state index in [0.717, 1.165) is 4.47 Å². The number of aliphatic hydroxyl groups excluding tert-OH is 2. The number of aliphatic hydroxyl groups is 2. The quantitative estimate of drug-likeness (QED) is 0.827. The van der Waals surface area contributed by atoms with E-state index in [2.05, 4.69) is 31.9 Å². The summed E-state index contributed by atoms with van der Waals surface area (Å²) in [5.41, 5.74) is 0.612. The molecule has 0 radical (unpaired) electrons. The molecule has 0 saturated carbocycles. The van der Waals surface area contributed by atoms with Gasteiger partial charge < -0.3 is 14.9 Å². The average Bonchev–Trinajstić information content (AvgIpc) is 2.27. The molecule has 2 N–H and O–H groups in total. The number of halogens is 2. The molecule has 15 heavy (non-hydrogen) atoms. The zero-order chi connectivity index (χ0) is 11.4. The number of rotatable bonds is 4. The maximum absolute atomic E-state index is 9.82. The van der Waals surface area contributed by atoms with Gasteiger partial charge in [-0.05, 0) is 18.2 Å². The van der Waals surface area contributed by atoms with Gasteiger partial charge in [0.15, 0.2) is 0 Å². The molecule has 0 aliphatic heterocycles. The molecule has 0 aliphatic carbocycles. The summed E-state index contributed by atoms with van der Waals surface area (Å²) in [4.78, 5) is 0. The second kappa shape index (κ2) is 5.84. The third-order valence-corrected chi connectivity index (χ3v) is 3.43. The molecule has 0 saturated heterocycles. The van der Waals surface area contributed by atoms with Crippen LogP contribution in [-0.2, 0) is 0 Å². The lowest BCUT2D eigenvalue weighted by molar-refractivity contribution is 0.0337. The van der Waals surface area contributed by atoms with E-state index in [1.165, 1.54) is 0 Å². The normalized spacial score (nSPS) is 14.7. The van der Waals surface area contributed by atoms with Crippen molar-refractivity contribution < 1.29 is 14.9 Å². The van der Waals surface area contributed by atoms with Gasteiger partial charge in [-0.2, -0.15) is 0 Å². The lowest BCUT2D eigenvalue weighted by Crippen LogP contribution is -2.19. The van der Waals surface area contributed by atoms with Gasteiger partial charge in [0.2, 0.25) is 0 Å². The smallest absolute Gasteiger partial charge is 0.119 e. The summed E-state index contributed by atoms with van der Waals surface area (Å²) in [5.74, 6) is 0.647. The molecule has 0 bridgehead atoms. The largest absolute Gasteiger partial charge is 0.497 e. The Kier molecular flexibility index (Phi) is 5.05. The fourth-order valence-electron chi connectivity index (χ4n) is 1.17. The van der Waals surface area contributed by atoms with Crippen LogP contribution in [0.2, 0.25) is 0 Å². The van der Waals surface area contributed by atoms with E-state index in [0.29, 0.717) is 16.6 Å². The number of alkyl halides is 1. The first kappa shape index (κ1) is 13.0. The molecular formula is C10H12Br2O3. The fourth-order valence-corrected chi connectivity index (χ4v) is 2.00. The summed E-state index contributed by atoms with van der Waals surface area (Å²) in [6.45, 7) is 0. The second-order valence-corrected chi connectivity index (χ2v) is 4.56. The summed E-state index contributed by atoms with van der Waals surface area (Å²) in [6, 6.07) is 5.25. The van der Waals surface area contributed by atoms with Crippen LogP contribution in [0.15, 0.2) is 22.7 Å². The minimum absolute atomic E-state index is 0.317. The molecule has 1 aromatic rings.